The van der Waals surface area contributed by atoms with Crippen molar-refractivity contribution in [2.24, 2.45) is 7.05 Å². The predicted octanol–water partition coefficient (Wildman–Crippen LogP) is 2.38. The topological polar surface area (TPSA) is 43.8 Å². The van der Waals surface area contributed by atoms with Crippen molar-refractivity contribution >= 4 is 28.8 Å². The molecule has 0 amide bonds. The van der Waals surface area contributed by atoms with Gasteiger partial charge in [0.15, 0.2) is 0 Å². The van der Waals surface area contributed by atoms with E-state index in [9.17, 15) is 0 Å². The van der Waals surface area contributed by atoms with Crippen molar-refractivity contribution in [1.82, 2.24) is 9.78 Å². The van der Waals surface area contributed by atoms with Gasteiger partial charge < -0.3 is 5.73 Å². The van der Waals surface area contributed by atoms with E-state index < -0.39 is 0 Å². The molecular weight excluding hydrogens is 206 g/mol. The Morgan fingerprint density at radius 3 is 2.77 bits per heavy atom. The van der Waals surface area contributed by atoms with Crippen LogP contribution in [-0.2, 0) is 7.05 Å². The van der Waals surface area contributed by atoms with E-state index in [1.54, 1.807) is 4.68 Å². The van der Waals surface area contributed by atoms with Crippen LogP contribution in [0.2, 0.25) is 4.34 Å². The molecule has 0 fully saturated rings. The molecule has 0 radical (unpaired) electrons. The minimum absolute atomic E-state index is 0.650. The summed E-state index contributed by atoms with van der Waals surface area (Å²) in [6.07, 6.45) is 0. The van der Waals surface area contributed by atoms with Gasteiger partial charge in [-0.15, -0.1) is 11.3 Å². The third kappa shape index (κ3) is 1.55. The van der Waals surface area contributed by atoms with Crippen LogP contribution in [0.3, 0.4) is 0 Å². The highest BCUT2D eigenvalue weighted by Gasteiger charge is 2.06. The summed E-state index contributed by atoms with van der Waals surface area (Å²) in [7, 11) is 1.81. The Labute approximate surface area is 84.7 Å². The molecule has 0 bridgehead atoms. The Hall–Kier alpha value is -1.00. The quantitative estimate of drug-likeness (QED) is 0.791. The number of halogens is 1. The number of aromatic nitrogens is 2. The second-order valence-corrected chi connectivity index (χ2v) is 4.26. The van der Waals surface area contributed by atoms with Crippen LogP contribution in [-0.4, -0.2) is 9.78 Å². The van der Waals surface area contributed by atoms with Crippen LogP contribution >= 0.6 is 22.9 Å². The Morgan fingerprint density at radius 1 is 1.54 bits per heavy atom. The van der Waals surface area contributed by atoms with Gasteiger partial charge in [0.25, 0.3) is 0 Å². The molecule has 0 unspecified atom stereocenters. The fourth-order valence-electron chi connectivity index (χ4n) is 1.07. The summed E-state index contributed by atoms with van der Waals surface area (Å²) < 4.78 is 2.40. The number of nitrogens with zero attached hydrogens (tertiary/aromatic N) is 2. The molecule has 13 heavy (non-hydrogen) atoms. The van der Waals surface area contributed by atoms with Crippen LogP contribution in [0.1, 0.15) is 0 Å². The third-order valence-electron chi connectivity index (χ3n) is 1.78. The van der Waals surface area contributed by atoms with E-state index in [2.05, 4.69) is 5.10 Å². The van der Waals surface area contributed by atoms with E-state index in [1.807, 2.05) is 24.6 Å². The Morgan fingerprint density at radius 2 is 2.31 bits per heavy atom. The maximum absolute atomic E-state index is 5.81. The average molecular weight is 214 g/mol. The number of hydrogen-bond acceptors (Lipinski definition) is 3. The van der Waals surface area contributed by atoms with Crippen molar-refractivity contribution in [2.75, 3.05) is 5.73 Å². The van der Waals surface area contributed by atoms with Crippen molar-refractivity contribution in [3.63, 3.8) is 0 Å². The monoisotopic (exact) mass is 213 g/mol. The van der Waals surface area contributed by atoms with Crippen LogP contribution in [0.5, 0.6) is 0 Å². The zero-order valence-electron chi connectivity index (χ0n) is 6.99. The predicted molar refractivity (Wildman–Crippen MR) is 55.9 cm³/mol. The van der Waals surface area contributed by atoms with Crippen LogP contribution in [0.4, 0.5) is 5.82 Å². The van der Waals surface area contributed by atoms with Gasteiger partial charge in [0, 0.05) is 24.1 Å². The lowest BCUT2D eigenvalue weighted by Crippen LogP contribution is -1.96. The minimum atomic E-state index is 0.650. The van der Waals surface area contributed by atoms with E-state index in [0.29, 0.717) is 5.82 Å². The maximum atomic E-state index is 5.81. The molecule has 0 saturated carbocycles. The number of aryl methyl sites for hydroxylation is 1. The summed E-state index contributed by atoms with van der Waals surface area (Å²) >= 11 is 7.30. The van der Waals surface area contributed by atoms with Gasteiger partial charge in [-0.2, -0.15) is 5.10 Å². The molecule has 0 aliphatic carbocycles. The van der Waals surface area contributed by atoms with Crippen LogP contribution in [0.25, 0.3) is 11.3 Å². The smallest absolute Gasteiger partial charge is 0.121 e. The molecule has 0 aliphatic rings. The number of rotatable bonds is 1. The van der Waals surface area contributed by atoms with Gasteiger partial charge in [0.05, 0.1) is 10.0 Å². The third-order valence-corrected chi connectivity index (χ3v) is 2.87. The molecule has 2 aromatic rings. The van der Waals surface area contributed by atoms with Gasteiger partial charge in [-0.25, -0.2) is 0 Å². The summed E-state index contributed by atoms with van der Waals surface area (Å²) in [4.78, 5) is 0. The lowest BCUT2D eigenvalue weighted by atomic mass is 10.2. The largest absolute Gasteiger partial charge is 0.384 e. The fraction of sp³-hybridized carbons (Fsp3) is 0.125. The fourth-order valence-corrected chi connectivity index (χ4v) is 1.94. The average Bonchev–Trinajstić information content (AvgIpc) is 2.61. The molecule has 0 saturated heterocycles. The molecule has 0 aliphatic heterocycles. The van der Waals surface area contributed by atoms with E-state index in [4.69, 9.17) is 17.3 Å². The first-order valence-corrected chi connectivity index (χ1v) is 4.96. The molecule has 0 aromatic carbocycles. The lowest BCUT2D eigenvalue weighted by molar-refractivity contribution is 0.782. The highest BCUT2D eigenvalue weighted by molar-refractivity contribution is 7.14. The van der Waals surface area contributed by atoms with Crippen molar-refractivity contribution < 1.29 is 0 Å². The van der Waals surface area contributed by atoms with Crippen LogP contribution in [0, 0.1) is 0 Å². The second-order valence-electron chi connectivity index (χ2n) is 2.72. The van der Waals surface area contributed by atoms with Crippen molar-refractivity contribution in [3.8, 4) is 11.3 Å². The van der Waals surface area contributed by atoms with Gasteiger partial charge in [0.1, 0.15) is 5.82 Å². The number of anilines is 1. The van der Waals surface area contributed by atoms with Gasteiger partial charge >= 0.3 is 0 Å². The van der Waals surface area contributed by atoms with Crippen LogP contribution in [0.15, 0.2) is 17.5 Å². The first kappa shape index (κ1) is 8.59. The Balaban J connectivity index is 2.46. The number of nitrogens with two attached hydrogens (primary N) is 1. The normalized spacial score (nSPS) is 10.6. The zero-order valence-corrected chi connectivity index (χ0v) is 8.56. The van der Waals surface area contributed by atoms with Crippen molar-refractivity contribution in [3.05, 3.63) is 21.8 Å². The Bertz CT molecular complexity index is 413. The van der Waals surface area contributed by atoms with Gasteiger partial charge in [-0.1, -0.05) is 11.6 Å². The molecular formula is C8H8ClN3S. The highest BCUT2D eigenvalue weighted by atomic mass is 35.5. The molecule has 3 nitrogen and oxygen atoms in total. The first-order valence-electron chi connectivity index (χ1n) is 3.71. The van der Waals surface area contributed by atoms with E-state index in [0.717, 1.165) is 15.6 Å². The molecule has 2 rings (SSSR count). The standard InChI is InChI=1S/C8H8ClN3S/c1-12-8(10)3-6(11-12)5-2-7(9)13-4-5/h2-4H,10H2,1H3. The van der Waals surface area contributed by atoms with Gasteiger partial charge in [0.2, 0.25) is 0 Å². The van der Waals surface area contributed by atoms with Crippen molar-refractivity contribution in [1.29, 1.82) is 0 Å². The van der Waals surface area contributed by atoms with Crippen molar-refractivity contribution in [2.45, 2.75) is 0 Å². The summed E-state index contributed by atoms with van der Waals surface area (Å²) in [5.74, 6) is 0.650. The maximum Gasteiger partial charge on any atom is 0.121 e. The molecule has 2 aromatic heterocycles. The van der Waals surface area contributed by atoms with Crippen LogP contribution < -0.4 is 5.73 Å². The van der Waals surface area contributed by atoms with E-state index >= 15 is 0 Å². The molecule has 68 valence electrons. The Kier molecular flexibility index (Phi) is 2.01. The van der Waals surface area contributed by atoms with Gasteiger partial charge in [-0.05, 0) is 6.07 Å². The van der Waals surface area contributed by atoms with E-state index in [-0.39, 0.29) is 0 Å². The second kappa shape index (κ2) is 3.05. The molecule has 0 atom stereocenters. The summed E-state index contributed by atoms with van der Waals surface area (Å²) in [6.45, 7) is 0. The molecule has 0 spiro atoms. The molecule has 2 N–H and O–H groups in total. The number of nitrogen functional groups attached to an aromatic ring is 1. The summed E-state index contributed by atoms with van der Waals surface area (Å²) in [5.41, 5.74) is 7.54. The van der Waals surface area contributed by atoms with E-state index in [1.165, 1.54) is 11.3 Å². The first-order chi connectivity index (χ1) is 6.16. The lowest BCUT2D eigenvalue weighted by Gasteiger charge is -1.89. The molecule has 2 heterocycles. The SMILES string of the molecule is Cn1nc(-c2csc(Cl)c2)cc1N. The summed E-state index contributed by atoms with van der Waals surface area (Å²) in [6, 6.07) is 3.71. The molecule has 5 heteroatoms. The zero-order chi connectivity index (χ0) is 9.42. The highest BCUT2D eigenvalue weighted by Crippen LogP contribution is 2.28. The summed E-state index contributed by atoms with van der Waals surface area (Å²) in [5, 5.41) is 6.20. The minimum Gasteiger partial charge on any atom is -0.384 e. The number of thiophene rings is 1. The van der Waals surface area contributed by atoms with Gasteiger partial charge in [-0.3, -0.25) is 4.68 Å². The number of hydrogen-bond donors (Lipinski definition) is 1.